The summed E-state index contributed by atoms with van der Waals surface area (Å²) in [4.78, 5) is 16.8. The van der Waals surface area contributed by atoms with Crippen molar-refractivity contribution in [1.82, 2.24) is 10.3 Å². The van der Waals surface area contributed by atoms with Crippen LogP contribution in [0.2, 0.25) is 0 Å². The van der Waals surface area contributed by atoms with E-state index in [2.05, 4.69) is 26.2 Å². The summed E-state index contributed by atoms with van der Waals surface area (Å²) in [6, 6.07) is 8.14. The Kier molecular flexibility index (Phi) is 6.20. The molecule has 0 spiro atoms. The fourth-order valence-electron chi connectivity index (χ4n) is 1.63. The maximum atomic E-state index is 12.7. The van der Waals surface area contributed by atoms with Crippen molar-refractivity contribution in [2.45, 2.75) is 11.3 Å². The van der Waals surface area contributed by atoms with Crippen LogP contribution in [0.25, 0.3) is 0 Å². The average Bonchev–Trinajstić information content (AvgIpc) is 2.48. The number of halogens is 2. The van der Waals surface area contributed by atoms with Gasteiger partial charge < -0.3 is 5.32 Å². The molecule has 1 aromatic heterocycles. The van der Waals surface area contributed by atoms with Gasteiger partial charge in [-0.05, 0) is 58.4 Å². The number of aromatic nitrogens is 1. The molecule has 1 N–H and O–H groups in total. The van der Waals surface area contributed by atoms with Crippen LogP contribution in [0.1, 0.15) is 16.8 Å². The van der Waals surface area contributed by atoms with Gasteiger partial charge in [-0.25, -0.2) is 4.39 Å². The lowest BCUT2D eigenvalue weighted by Crippen LogP contribution is -2.24. The Morgan fingerprint density at radius 1 is 1.29 bits per heavy atom. The summed E-state index contributed by atoms with van der Waals surface area (Å²) in [5.41, 5.74) is 0.538. The molecule has 0 radical (unpaired) electrons. The molecule has 0 bridgehead atoms. The van der Waals surface area contributed by atoms with E-state index in [4.69, 9.17) is 0 Å². The number of amides is 1. The highest BCUT2D eigenvalue weighted by atomic mass is 79.9. The van der Waals surface area contributed by atoms with Gasteiger partial charge in [0, 0.05) is 28.3 Å². The Balaban J connectivity index is 1.68. The third kappa shape index (κ3) is 5.47. The van der Waals surface area contributed by atoms with Crippen molar-refractivity contribution in [3.05, 3.63) is 58.6 Å². The molecule has 6 heteroatoms. The summed E-state index contributed by atoms with van der Waals surface area (Å²) in [5, 5.41) is 2.85. The van der Waals surface area contributed by atoms with Gasteiger partial charge in [0.15, 0.2) is 0 Å². The number of carbonyl (C=O) groups is 1. The number of nitrogens with one attached hydrogen (secondary N) is 1. The standard InChI is InChI=1S/C15H14BrFN2OS/c16-12-8-11(9-18-10-12)15(20)19-6-1-7-21-14-4-2-13(17)3-5-14/h2-5,8-10H,1,6-7H2,(H,19,20). The van der Waals surface area contributed by atoms with Gasteiger partial charge in [-0.1, -0.05) is 0 Å². The van der Waals surface area contributed by atoms with Gasteiger partial charge in [0.25, 0.3) is 5.91 Å². The lowest BCUT2D eigenvalue weighted by Gasteiger charge is -2.05. The third-order valence-electron chi connectivity index (χ3n) is 2.66. The summed E-state index contributed by atoms with van der Waals surface area (Å²) >= 11 is 4.92. The van der Waals surface area contributed by atoms with E-state index in [9.17, 15) is 9.18 Å². The maximum absolute atomic E-state index is 12.7. The number of rotatable bonds is 6. The van der Waals surface area contributed by atoms with E-state index in [1.165, 1.54) is 18.3 Å². The highest BCUT2D eigenvalue weighted by Crippen LogP contribution is 2.18. The third-order valence-corrected chi connectivity index (χ3v) is 4.19. The van der Waals surface area contributed by atoms with Gasteiger partial charge in [0.1, 0.15) is 5.82 Å². The minimum Gasteiger partial charge on any atom is -0.352 e. The zero-order valence-electron chi connectivity index (χ0n) is 11.2. The zero-order valence-corrected chi connectivity index (χ0v) is 13.6. The lowest BCUT2D eigenvalue weighted by molar-refractivity contribution is 0.0953. The van der Waals surface area contributed by atoms with Gasteiger partial charge in [-0.3, -0.25) is 9.78 Å². The first-order chi connectivity index (χ1) is 10.1. The van der Waals surface area contributed by atoms with Crippen LogP contribution in [-0.4, -0.2) is 23.2 Å². The first kappa shape index (κ1) is 16.0. The molecule has 110 valence electrons. The number of hydrogen-bond donors (Lipinski definition) is 1. The number of hydrogen-bond acceptors (Lipinski definition) is 3. The molecule has 0 saturated heterocycles. The maximum Gasteiger partial charge on any atom is 0.252 e. The number of pyridine rings is 1. The highest BCUT2D eigenvalue weighted by Gasteiger charge is 2.05. The van der Waals surface area contributed by atoms with Crippen LogP contribution < -0.4 is 5.32 Å². The van der Waals surface area contributed by atoms with Gasteiger partial charge in [0.05, 0.1) is 5.56 Å². The van der Waals surface area contributed by atoms with Crippen LogP contribution in [0, 0.1) is 5.82 Å². The minimum atomic E-state index is -0.228. The smallest absolute Gasteiger partial charge is 0.252 e. The molecule has 0 saturated carbocycles. The molecule has 1 heterocycles. The van der Waals surface area contributed by atoms with Gasteiger partial charge in [-0.15, -0.1) is 11.8 Å². The Labute approximate surface area is 135 Å². The highest BCUT2D eigenvalue weighted by molar-refractivity contribution is 9.10. The van der Waals surface area contributed by atoms with Crippen molar-refractivity contribution in [1.29, 1.82) is 0 Å². The van der Waals surface area contributed by atoms with E-state index in [-0.39, 0.29) is 11.7 Å². The fourth-order valence-corrected chi connectivity index (χ4v) is 2.85. The molecule has 1 amide bonds. The molecule has 1 aromatic carbocycles. The summed E-state index contributed by atoms with van der Waals surface area (Å²) < 4.78 is 13.5. The van der Waals surface area contributed by atoms with E-state index in [1.807, 2.05) is 0 Å². The number of nitrogens with zero attached hydrogens (tertiary/aromatic N) is 1. The molecule has 0 fully saturated rings. The predicted octanol–water partition coefficient (Wildman–Crippen LogP) is 3.90. The van der Waals surface area contributed by atoms with Crippen LogP contribution in [0.5, 0.6) is 0 Å². The van der Waals surface area contributed by atoms with Crippen molar-refractivity contribution < 1.29 is 9.18 Å². The first-order valence-corrected chi connectivity index (χ1v) is 8.20. The molecule has 0 aliphatic carbocycles. The molecule has 2 rings (SSSR count). The monoisotopic (exact) mass is 368 g/mol. The van der Waals surface area contributed by atoms with Crippen molar-refractivity contribution in [2.75, 3.05) is 12.3 Å². The van der Waals surface area contributed by atoms with Gasteiger partial charge in [0.2, 0.25) is 0 Å². The zero-order chi connectivity index (χ0) is 15.1. The van der Waals surface area contributed by atoms with Crippen molar-refractivity contribution in [3.8, 4) is 0 Å². The van der Waals surface area contributed by atoms with Crippen molar-refractivity contribution in [2.24, 2.45) is 0 Å². The van der Waals surface area contributed by atoms with E-state index in [1.54, 1.807) is 36.2 Å². The normalized spacial score (nSPS) is 10.4. The average molecular weight is 369 g/mol. The minimum absolute atomic E-state index is 0.129. The molecule has 0 atom stereocenters. The van der Waals surface area contributed by atoms with Crippen molar-refractivity contribution in [3.63, 3.8) is 0 Å². The Bertz CT molecular complexity index is 607. The largest absolute Gasteiger partial charge is 0.352 e. The van der Waals surface area contributed by atoms with Crippen LogP contribution in [0.4, 0.5) is 4.39 Å². The molecule has 21 heavy (non-hydrogen) atoms. The molecule has 2 aromatic rings. The summed E-state index contributed by atoms with van der Waals surface area (Å²) in [7, 11) is 0. The molecular formula is C15H14BrFN2OS. The predicted molar refractivity (Wildman–Crippen MR) is 86.0 cm³/mol. The number of carbonyl (C=O) groups excluding carboxylic acids is 1. The van der Waals surface area contributed by atoms with Crippen LogP contribution in [-0.2, 0) is 0 Å². The van der Waals surface area contributed by atoms with Gasteiger partial charge >= 0.3 is 0 Å². The van der Waals surface area contributed by atoms with E-state index in [0.29, 0.717) is 12.1 Å². The summed E-state index contributed by atoms with van der Waals surface area (Å²) in [6.07, 6.45) is 4.01. The second-order valence-electron chi connectivity index (χ2n) is 4.30. The summed E-state index contributed by atoms with van der Waals surface area (Å²) in [6.45, 7) is 0.597. The SMILES string of the molecule is O=C(NCCCSc1ccc(F)cc1)c1cncc(Br)c1. The second kappa shape index (κ2) is 8.14. The number of benzene rings is 1. The molecular weight excluding hydrogens is 355 g/mol. The summed E-state index contributed by atoms with van der Waals surface area (Å²) in [5.74, 6) is 0.507. The Morgan fingerprint density at radius 2 is 2.05 bits per heavy atom. The first-order valence-electron chi connectivity index (χ1n) is 6.42. The second-order valence-corrected chi connectivity index (χ2v) is 6.39. The van der Waals surface area contributed by atoms with E-state index in [0.717, 1.165) is 21.5 Å². The molecule has 3 nitrogen and oxygen atoms in total. The Morgan fingerprint density at radius 3 is 2.76 bits per heavy atom. The van der Waals surface area contributed by atoms with Crippen LogP contribution in [0.3, 0.4) is 0 Å². The number of thioether (sulfide) groups is 1. The quantitative estimate of drug-likeness (QED) is 0.621. The fraction of sp³-hybridized carbons (Fsp3) is 0.200. The Hall–Kier alpha value is -1.40. The van der Waals surface area contributed by atoms with E-state index >= 15 is 0 Å². The lowest BCUT2D eigenvalue weighted by atomic mass is 10.2. The molecule has 0 aliphatic heterocycles. The van der Waals surface area contributed by atoms with Crippen LogP contribution >= 0.6 is 27.7 Å². The topological polar surface area (TPSA) is 42.0 Å². The van der Waals surface area contributed by atoms with Crippen LogP contribution in [0.15, 0.2) is 52.1 Å². The van der Waals surface area contributed by atoms with E-state index < -0.39 is 0 Å². The van der Waals surface area contributed by atoms with Gasteiger partial charge in [-0.2, -0.15) is 0 Å². The van der Waals surface area contributed by atoms with Crippen molar-refractivity contribution >= 4 is 33.6 Å². The molecule has 0 unspecified atom stereocenters. The molecule has 0 aliphatic rings.